The topological polar surface area (TPSA) is 58.3 Å². The lowest BCUT2D eigenvalue weighted by atomic mass is 10.1. The molecule has 6 heteroatoms. The second-order valence-corrected chi connectivity index (χ2v) is 7.69. The first-order valence-electron chi connectivity index (χ1n) is 9.75. The minimum absolute atomic E-state index is 0.644. The number of hydrogen-bond acceptors (Lipinski definition) is 5. The molecule has 1 aliphatic rings. The minimum atomic E-state index is 0.644. The van der Waals surface area contributed by atoms with Crippen molar-refractivity contribution in [1.82, 2.24) is 19.4 Å². The average Bonchev–Trinajstić information content (AvgIpc) is 3.05. The summed E-state index contributed by atoms with van der Waals surface area (Å²) in [6.45, 7) is 7.75. The highest BCUT2D eigenvalue weighted by atomic mass is 15.1. The standard InChI is InChI=1S/C23H26N6/c1-16(2)11-18-13-29(20-7-5-17(3)6-8-20)23-21(18)22(26-15-27-23)25-12-19-14-28(4)10-9-24-19/h5-11,13,15H,12,14H2,1-4H3,(H,25,26,27). The Kier molecular flexibility index (Phi) is 5.16. The second-order valence-electron chi connectivity index (χ2n) is 7.69. The van der Waals surface area contributed by atoms with Gasteiger partial charge in [0.2, 0.25) is 0 Å². The summed E-state index contributed by atoms with van der Waals surface area (Å²) in [6.07, 6.45) is 9.74. The molecule has 3 aromatic rings. The smallest absolute Gasteiger partial charge is 0.150 e. The highest BCUT2D eigenvalue weighted by Crippen LogP contribution is 2.30. The monoisotopic (exact) mass is 386 g/mol. The molecular weight excluding hydrogens is 360 g/mol. The molecule has 0 radical (unpaired) electrons. The second kappa shape index (κ2) is 7.91. The predicted molar refractivity (Wildman–Crippen MR) is 121 cm³/mol. The molecule has 0 saturated carbocycles. The van der Waals surface area contributed by atoms with Gasteiger partial charge in [-0.1, -0.05) is 29.3 Å². The zero-order valence-corrected chi connectivity index (χ0v) is 17.3. The normalized spacial score (nSPS) is 13.5. The van der Waals surface area contributed by atoms with E-state index in [2.05, 4.69) is 87.1 Å². The van der Waals surface area contributed by atoms with E-state index >= 15 is 0 Å². The van der Waals surface area contributed by atoms with Crippen molar-refractivity contribution in [3.05, 3.63) is 65.9 Å². The van der Waals surface area contributed by atoms with Crippen LogP contribution in [-0.2, 0) is 0 Å². The van der Waals surface area contributed by atoms with E-state index in [9.17, 15) is 0 Å². The molecular formula is C23H26N6. The molecule has 148 valence electrons. The molecule has 0 spiro atoms. The minimum Gasteiger partial charge on any atom is -0.374 e. The number of allylic oxidation sites excluding steroid dienone is 1. The van der Waals surface area contributed by atoms with Gasteiger partial charge in [-0.3, -0.25) is 4.99 Å². The molecule has 0 amide bonds. The molecule has 0 atom stereocenters. The molecule has 6 nitrogen and oxygen atoms in total. The van der Waals surface area contributed by atoms with Crippen LogP contribution in [0.15, 0.2) is 59.8 Å². The molecule has 0 saturated heterocycles. The summed E-state index contributed by atoms with van der Waals surface area (Å²) in [5.41, 5.74) is 6.61. The van der Waals surface area contributed by atoms with E-state index in [1.165, 1.54) is 11.1 Å². The largest absolute Gasteiger partial charge is 0.374 e. The summed E-state index contributed by atoms with van der Waals surface area (Å²) < 4.78 is 2.13. The van der Waals surface area contributed by atoms with Gasteiger partial charge in [0, 0.05) is 36.9 Å². The Balaban J connectivity index is 1.77. The molecule has 0 fully saturated rings. The lowest BCUT2D eigenvalue weighted by Gasteiger charge is -2.19. The lowest BCUT2D eigenvalue weighted by molar-refractivity contribution is 0.515. The van der Waals surface area contributed by atoms with Gasteiger partial charge in [0.15, 0.2) is 5.65 Å². The van der Waals surface area contributed by atoms with E-state index in [4.69, 9.17) is 0 Å². The van der Waals surface area contributed by atoms with Gasteiger partial charge in [-0.2, -0.15) is 0 Å². The fraction of sp³-hybridized carbons (Fsp3) is 0.261. The van der Waals surface area contributed by atoms with Crippen molar-refractivity contribution in [2.75, 3.05) is 25.5 Å². The van der Waals surface area contributed by atoms with Crippen molar-refractivity contribution in [2.45, 2.75) is 20.8 Å². The summed E-state index contributed by atoms with van der Waals surface area (Å²) in [5.74, 6) is 0.827. The highest BCUT2D eigenvalue weighted by Gasteiger charge is 2.16. The summed E-state index contributed by atoms with van der Waals surface area (Å²) >= 11 is 0. The fourth-order valence-corrected chi connectivity index (χ4v) is 3.47. The van der Waals surface area contributed by atoms with Crippen LogP contribution in [0.1, 0.15) is 25.0 Å². The van der Waals surface area contributed by atoms with Gasteiger partial charge in [-0.25, -0.2) is 9.97 Å². The molecule has 1 aromatic carbocycles. The summed E-state index contributed by atoms with van der Waals surface area (Å²) in [7, 11) is 2.04. The molecule has 3 heterocycles. The number of benzene rings is 1. The number of nitrogens with zero attached hydrogens (tertiary/aromatic N) is 5. The van der Waals surface area contributed by atoms with Crippen molar-refractivity contribution in [3.63, 3.8) is 0 Å². The van der Waals surface area contributed by atoms with Crippen molar-refractivity contribution < 1.29 is 0 Å². The Hall–Kier alpha value is -3.41. The zero-order valence-electron chi connectivity index (χ0n) is 17.3. The van der Waals surface area contributed by atoms with Crippen molar-refractivity contribution in [1.29, 1.82) is 0 Å². The van der Waals surface area contributed by atoms with E-state index in [0.717, 1.165) is 40.4 Å². The van der Waals surface area contributed by atoms with Crippen LogP contribution < -0.4 is 5.32 Å². The third-order valence-electron chi connectivity index (χ3n) is 4.84. The van der Waals surface area contributed by atoms with Crippen LogP contribution in [0.25, 0.3) is 22.8 Å². The highest BCUT2D eigenvalue weighted by molar-refractivity contribution is 5.98. The molecule has 0 aliphatic carbocycles. The van der Waals surface area contributed by atoms with Gasteiger partial charge in [-0.15, -0.1) is 0 Å². The van der Waals surface area contributed by atoms with Gasteiger partial charge >= 0.3 is 0 Å². The quantitative estimate of drug-likeness (QED) is 0.705. The third-order valence-corrected chi connectivity index (χ3v) is 4.84. The van der Waals surface area contributed by atoms with E-state index in [0.29, 0.717) is 6.54 Å². The number of aromatic nitrogens is 3. The van der Waals surface area contributed by atoms with E-state index in [-0.39, 0.29) is 0 Å². The molecule has 0 unspecified atom stereocenters. The zero-order chi connectivity index (χ0) is 20.4. The summed E-state index contributed by atoms with van der Waals surface area (Å²) in [6, 6.07) is 8.48. The number of aryl methyl sites for hydroxylation is 1. The van der Waals surface area contributed by atoms with Crippen molar-refractivity contribution >= 4 is 28.6 Å². The summed E-state index contributed by atoms with van der Waals surface area (Å²) in [4.78, 5) is 15.7. The van der Waals surface area contributed by atoms with Gasteiger partial charge in [-0.05, 0) is 32.9 Å². The number of aliphatic imine (C=N–C) groups is 1. The predicted octanol–water partition coefficient (Wildman–Crippen LogP) is 4.42. The maximum atomic E-state index is 4.61. The van der Waals surface area contributed by atoms with Crippen LogP contribution in [0, 0.1) is 6.92 Å². The fourth-order valence-electron chi connectivity index (χ4n) is 3.47. The van der Waals surface area contributed by atoms with Gasteiger partial charge in [0.25, 0.3) is 0 Å². The first-order chi connectivity index (χ1) is 14.0. The van der Waals surface area contributed by atoms with Crippen LogP contribution in [0.4, 0.5) is 5.82 Å². The van der Waals surface area contributed by atoms with E-state index < -0.39 is 0 Å². The number of nitrogens with one attached hydrogen (secondary N) is 1. The van der Waals surface area contributed by atoms with Crippen LogP contribution in [0.3, 0.4) is 0 Å². The SMILES string of the molecule is CC(C)=Cc1cn(-c2ccc(C)cc2)c2ncnc(NCC3=NC=CN(C)C3)c12. The number of fused-ring (bicyclic) bond motifs is 1. The van der Waals surface area contributed by atoms with Crippen LogP contribution >= 0.6 is 0 Å². The van der Waals surface area contributed by atoms with Gasteiger partial charge in [0.1, 0.15) is 12.1 Å². The number of anilines is 1. The molecule has 0 bridgehead atoms. The van der Waals surface area contributed by atoms with Crippen LogP contribution in [0.2, 0.25) is 0 Å². The maximum absolute atomic E-state index is 4.61. The molecule has 1 N–H and O–H groups in total. The van der Waals surface area contributed by atoms with E-state index in [1.54, 1.807) is 6.33 Å². The maximum Gasteiger partial charge on any atom is 0.150 e. The van der Waals surface area contributed by atoms with Gasteiger partial charge in [0.05, 0.1) is 24.2 Å². The number of hydrogen-bond donors (Lipinski definition) is 1. The molecule has 2 aromatic heterocycles. The molecule has 29 heavy (non-hydrogen) atoms. The molecule has 1 aliphatic heterocycles. The lowest BCUT2D eigenvalue weighted by Crippen LogP contribution is -2.28. The number of rotatable bonds is 5. The first kappa shape index (κ1) is 18.9. The first-order valence-corrected chi connectivity index (χ1v) is 9.75. The summed E-state index contributed by atoms with van der Waals surface area (Å²) in [5, 5.41) is 4.50. The molecule has 4 rings (SSSR count). The van der Waals surface area contributed by atoms with Gasteiger partial charge < -0.3 is 14.8 Å². The van der Waals surface area contributed by atoms with Crippen LogP contribution in [-0.4, -0.2) is 45.3 Å². The Morgan fingerprint density at radius 1 is 1.17 bits per heavy atom. The Morgan fingerprint density at radius 3 is 2.69 bits per heavy atom. The third kappa shape index (κ3) is 4.06. The van der Waals surface area contributed by atoms with Crippen LogP contribution in [0.5, 0.6) is 0 Å². The van der Waals surface area contributed by atoms with E-state index in [1.807, 2.05) is 19.4 Å². The Morgan fingerprint density at radius 2 is 1.97 bits per heavy atom. The van der Waals surface area contributed by atoms with Crippen molar-refractivity contribution in [2.24, 2.45) is 4.99 Å². The Bertz CT molecular complexity index is 1110. The van der Waals surface area contributed by atoms with Crippen molar-refractivity contribution in [3.8, 4) is 5.69 Å². The Labute approximate surface area is 171 Å². The average molecular weight is 387 g/mol.